The van der Waals surface area contributed by atoms with E-state index in [9.17, 15) is 4.79 Å². The Balaban J connectivity index is 1.32. The van der Waals surface area contributed by atoms with E-state index in [1.807, 2.05) is 84.5 Å². The molecule has 0 radical (unpaired) electrons. The number of piperazine rings is 1. The first-order valence-electron chi connectivity index (χ1n) is 11.5. The van der Waals surface area contributed by atoms with Crippen LogP contribution in [0.2, 0.25) is 0 Å². The highest BCUT2D eigenvalue weighted by Gasteiger charge is 2.20. The summed E-state index contributed by atoms with van der Waals surface area (Å²) < 4.78 is 13.2. The molecular formula is C27H32N4O3. The minimum atomic E-state index is 0.0364. The summed E-state index contributed by atoms with van der Waals surface area (Å²) in [5.74, 6) is 1.61. The van der Waals surface area contributed by atoms with Crippen LogP contribution in [0.3, 0.4) is 0 Å². The number of methoxy groups -OCH3 is 1. The predicted molar refractivity (Wildman–Crippen MR) is 133 cm³/mol. The van der Waals surface area contributed by atoms with Crippen molar-refractivity contribution in [3.05, 3.63) is 83.2 Å². The average Bonchev–Trinajstić information content (AvgIpc) is 3.27. The molecule has 178 valence electrons. The third-order valence-electron chi connectivity index (χ3n) is 5.99. The highest BCUT2D eigenvalue weighted by molar-refractivity contribution is 5.91. The molecule has 0 saturated carbocycles. The highest BCUT2D eigenvalue weighted by Crippen LogP contribution is 2.23. The van der Waals surface area contributed by atoms with Gasteiger partial charge < -0.3 is 14.4 Å². The molecule has 1 aromatic heterocycles. The summed E-state index contributed by atoms with van der Waals surface area (Å²) in [5, 5.41) is 4.23. The maximum Gasteiger partial charge on any atom is 0.246 e. The Kier molecular flexibility index (Phi) is 7.65. The third-order valence-corrected chi connectivity index (χ3v) is 5.99. The zero-order chi connectivity index (χ0) is 23.9. The molecule has 4 rings (SSSR count). The SMILES string of the molecule is COc1ccc(/C=C/C(=O)N2CCN(Cc3cnn(C)c3)CC2)cc1COc1ccc(C)cc1. The minimum absolute atomic E-state index is 0.0364. The van der Waals surface area contributed by atoms with E-state index in [2.05, 4.69) is 10.00 Å². The van der Waals surface area contributed by atoms with Gasteiger partial charge in [-0.3, -0.25) is 14.4 Å². The van der Waals surface area contributed by atoms with Crippen LogP contribution < -0.4 is 9.47 Å². The molecule has 1 aliphatic heterocycles. The van der Waals surface area contributed by atoms with E-state index >= 15 is 0 Å². The molecule has 0 aliphatic carbocycles. The summed E-state index contributed by atoms with van der Waals surface area (Å²) in [7, 11) is 3.58. The van der Waals surface area contributed by atoms with Crippen molar-refractivity contribution in [2.24, 2.45) is 7.05 Å². The van der Waals surface area contributed by atoms with Crippen molar-refractivity contribution in [3.63, 3.8) is 0 Å². The average molecular weight is 461 g/mol. The van der Waals surface area contributed by atoms with Gasteiger partial charge in [-0.15, -0.1) is 0 Å². The summed E-state index contributed by atoms with van der Waals surface area (Å²) in [4.78, 5) is 17.0. The first kappa shape index (κ1) is 23.6. The number of benzene rings is 2. The number of carbonyl (C=O) groups excluding carboxylic acids is 1. The normalized spacial score (nSPS) is 14.5. The zero-order valence-electron chi connectivity index (χ0n) is 20.1. The Hall–Kier alpha value is -3.58. The molecule has 0 bridgehead atoms. The van der Waals surface area contributed by atoms with Crippen LogP contribution in [-0.2, 0) is 25.0 Å². The Bertz CT molecular complexity index is 1130. The number of rotatable bonds is 8. The fourth-order valence-corrected chi connectivity index (χ4v) is 4.02. The van der Waals surface area contributed by atoms with E-state index in [1.165, 1.54) is 11.1 Å². The van der Waals surface area contributed by atoms with E-state index < -0.39 is 0 Å². The number of hydrogen-bond donors (Lipinski definition) is 0. The first-order valence-corrected chi connectivity index (χ1v) is 11.5. The maximum absolute atomic E-state index is 12.7. The van der Waals surface area contributed by atoms with Gasteiger partial charge in [-0.05, 0) is 42.8 Å². The van der Waals surface area contributed by atoms with Crippen LogP contribution in [0.5, 0.6) is 11.5 Å². The molecule has 1 amide bonds. The van der Waals surface area contributed by atoms with E-state index in [4.69, 9.17) is 9.47 Å². The van der Waals surface area contributed by atoms with Gasteiger partial charge in [0.1, 0.15) is 18.1 Å². The molecule has 7 heteroatoms. The van der Waals surface area contributed by atoms with Crippen LogP contribution in [-0.4, -0.2) is 58.8 Å². The van der Waals surface area contributed by atoms with Gasteiger partial charge in [0.25, 0.3) is 0 Å². The summed E-state index contributed by atoms with van der Waals surface area (Å²) in [6.07, 6.45) is 7.45. The van der Waals surface area contributed by atoms with Crippen LogP contribution in [0, 0.1) is 6.92 Å². The molecule has 0 spiro atoms. The topological polar surface area (TPSA) is 59.8 Å². The second-order valence-electron chi connectivity index (χ2n) is 8.63. The van der Waals surface area contributed by atoms with Crippen LogP contribution in [0.4, 0.5) is 0 Å². The standard InChI is InChI=1S/C27H32N4O3/c1-21-4-8-25(9-5-21)34-20-24-16-22(6-10-26(24)33-3)7-11-27(32)31-14-12-30(13-15-31)19-23-17-28-29(2)18-23/h4-11,16-18H,12-15,19-20H2,1-3H3/b11-7+. The van der Waals surface area contributed by atoms with Gasteiger partial charge in [-0.2, -0.15) is 5.10 Å². The van der Waals surface area contributed by atoms with Crippen LogP contribution >= 0.6 is 0 Å². The third kappa shape index (κ3) is 6.26. The van der Waals surface area contributed by atoms with Gasteiger partial charge in [0, 0.05) is 63.2 Å². The van der Waals surface area contributed by atoms with Gasteiger partial charge in [-0.25, -0.2) is 0 Å². The number of aromatic nitrogens is 2. The molecular weight excluding hydrogens is 428 g/mol. The molecule has 7 nitrogen and oxygen atoms in total. The summed E-state index contributed by atoms with van der Waals surface area (Å²) in [6.45, 7) is 6.47. The molecule has 0 atom stereocenters. The molecule has 0 N–H and O–H groups in total. The molecule has 1 aliphatic rings. The molecule has 2 aromatic carbocycles. The summed E-state index contributed by atoms with van der Waals surface area (Å²) in [5.41, 5.74) is 4.26. The fraction of sp³-hybridized carbons (Fsp3) is 0.333. The predicted octanol–water partition coefficient (Wildman–Crippen LogP) is 3.67. The number of nitrogens with zero attached hydrogens (tertiary/aromatic N) is 4. The van der Waals surface area contributed by atoms with Gasteiger partial charge in [0.2, 0.25) is 5.91 Å². The lowest BCUT2D eigenvalue weighted by molar-refractivity contribution is -0.127. The van der Waals surface area contributed by atoms with E-state index in [1.54, 1.807) is 13.2 Å². The Labute approximate surface area is 201 Å². The van der Waals surface area contributed by atoms with E-state index in [-0.39, 0.29) is 5.91 Å². The molecule has 34 heavy (non-hydrogen) atoms. The molecule has 2 heterocycles. The van der Waals surface area contributed by atoms with Crippen molar-refractivity contribution >= 4 is 12.0 Å². The maximum atomic E-state index is 12.7. The minimum Gasteiger partial charge on any atom is -0.496 e. The van der Waals surface area contributed by atoms with Gasteiger partial charge in [0.05, 0.1) is 13.3 Å². The lowest BCUT2D eigenvalue weighted by Gasteiger charge is -2.34. The second-order valence-corrected chi connectivity index (χ2v) is 8.63. The number of hydrogen-bond acceptors (Lipinski definition) is 5. The zero-order valence-corrected chi connectivity index (χ0v) is 20.1. The number of ether oxygens (including phenoxy) is 2. The van der Waals surface area contributed by atoms with Crippen molar-refractivity contribution in [3.8, 4) is 11.5 Å². The summed E-state index contributed by atoms with van der Waals surface area (Å²) >= 11 is 0. The van der Waals surface area contributed by atoms with Gasteiger partial charge in [-0.1, -0.05) is 23.8 Å². The largest absolute Gasteiger partial charge is 0.496 e. The van der Waals surface area contributed by atoms with Crippen molar-refractivity contribution in [2.75, 3.05) is 33.3 Å². The van der Waals surface area contributed by atoms with Crippen LogP contribution in [0.25, 0.3) is 6.08 Å². The van der Waals surface area contributed by atoms with Crippen molar-refractivity contribution < 1.29 is 14.3 Å². The quantitative estimate of drug-likeness (QED) is 0.480. The van der Waals surface area contributed by atoms with Crippen LogP contribution in [0.15, 0.2) is 60.9 Å². The lowest BCUT2D eigenvalue weighted by Crippen LogP contribution is -2.47. The molecule has 0 unspecified atom stereocenters. The Morgan fingerprint density at radius 1 is 1.09 bits per heavy atom. The van der Waals surface area contributed by atoms with E-state index in [0.717, 1.165) is 55.3 Å². The molecule has 1 fully saturated rings. The van der Waals surface area contributed by atoms with Gasteiger partial charge in [0.15, 0.2) is 0 Å². The van der Waals surface area contributed by atoms with E-state index in [0.29, 0.717) is 6.61 Å². The van der Waals surface area contributed by atoms with Gasteiger partial charge >= 0.3 is 0 Å². The smallest absolute Gasteiger partial charge is 0.246 e. The first-order chi connectivity index (χ1) is 16.5. The van der Waals surface area contributed by atoms with Crippen LogP contribution in [0.1, 0.15) is 22.3 Å². The number of aryl methyl sites for hydroxylation is 2. The number of carbonyl (C=O) groups is 1. The van der Waals surface area contributed by atoms with Crippen molar-refractivity contribution in [1.82, 2.24) is 19.6 Å². The van der Waals surface area contributed by atoms with Crippen molar-refractivity contribution in [2.45, 2.75) is 20.1 Å². The monoisotopic (exact) mass is 460 g/mol. The Morgan fingerprint density at radius 3 is 2.53 bits per heavy atom. The fourth-order valence-electron chi connectivity index (χ4n) is 4.02. The lowest BCUT2D eigenvalue weighted by atomic mass is 10.1. The van der Waals surface area contributed by atoms with Crippen molar-refractivity contribution in [1.29, 1.82) is 0 Å². The summed E-state index contributed by atoms with van der Waals surface area (Å²) in [6, 6.07) is 13.8. The highest BCUT2D eigenvalue weighted by atomic mass is 16.5. The number of amides is 1. The second kappa shape index (κ2) is 11.0. The molecule has 1 saturated heterocycles. The Morgan fingerprint density at radius 2 is 1.85 bits per heavy atom. The molecule has 3 aromatic rings.